The smallest absolute Gasteiger partial charge is 0.170 e. The maximum Gasteiger partial charge on any atom is 0.170 e. The summed E-state index contributed by atoms with van der Waals surface area (Å²) in [6.07, 6.45) is 1.74. The second kappa shape index (κ2) is 10.9. The third kappa shape index (κ3) is 5.53. The van der Waals surface area contributed by atoms with E-state index in [9.17, 15) is 19.0 Å². The normalized spacial score (nSPS) is 20.1. The van der Waals surface area contributed by atoms with Gasteiger partial charge in [-0.1, -0.05) is 12.1 Å². The quantitative estimate of drug-likeness (QED) is 0.486. The lowest BCUT2D eigenvalue weighted by molar-refractivity contribution is -0.143. The van der Waals surface area contributed by atoms with E-state index in [4.69, 9.17) is 14.3 Å². The van der Waals surface area contributed by atoms with E-state index >= 15 is 0 Å². The topological polar surface area (TPSA) is 99.9 Å². The minimum atomic E-state index is -1.32. The van der Waals surface area contributed by atoms with Crippen LogP contribution in [0.2, 0.25) is 0 Å². The maximum absolute atomic E-state index is 14.7. The predicted octanol–water partition coefficient (Wildman–Crippen LogP) is 3.53. The van der Waals surface area contributed by atoms with Crippen LogP contribution in [-0.4, -0.2) is 82.1 Å². The lowest BCUT2D eigenvalue weighted by Gasteiger charge is -2.46. The van der Waals surface area contributed by atoms with Crippen LogP contribution in [0.25, 0.3) is 11.3 Å². The number of piperidine rings is 1. The summed E-state index contributed by atoms with van der Waals surface area (Å²) in [4.78, 5) is 14.3. The largest absolute Gasteiger partial charge is 0.493 e. The molecule has 39 heavy (non-hydrogen) atoms. The fourth-order valence-corrected chi connectivity index (χ4v) is 5.62. The Morgan fingerprint density at radius 2 is 1.69 bits per heavy atom. The molecule has 5 rings (SSSR count). The Kier molecular flexibility index (Phi) is 7.67. The maximum atomic E-state index is 14.7. The predicted molar refractivity (Wildman–Crippen MR) is 140 cm³/mol. The van der Waals surface area contributed by atoms with E-state index in [2.05, 4.69) is 19.9 Å². The van der Waals surface area contributed by atoms with E-state index < -0.39 is 23.3 Å². The zero-order valence-electron chi connectivity index (χ0n) is 22.6. The van der Waals surface area contributed by atoms with E-state index in [0.717, 1.165) is 23.7 Å². The van der Waals surface area contributed by atoms with Crippen LogP contribution in [0.1, 0.15) is 45.6 Å². The van der Waals surface area contributed by atoms with Gasteiger partial charge in [0.05, 0.1) is 31.4 Å². The number of amidine groups is 1. The molecule has 2 N–H and O–H groups in total. The van der Waals surface area contributed by atoms with Gasteiger partial charge in [-0.3, -0.25) is 4.90 Å². The first-order chi connectivity index (χ1) is 18.6. The Balaban J connectivity index is 1.26. The third-order valence-electron chi connectivity index (χ3n) is 7.92. The summed E-state index contributed by atoms with van der Waals surface area (Å²) in [5, 5.41) is 23.8. The Hall–Kier alpha value is -3.02. The molecule has 3 aliphatic heterocycles. The molecule has 0 saturated carbocycles. The zero-order chi connectivity index (χ0) is 27.8. The van der Waals surface area contributed by atoms with Gasteiger partial charge < -0.3 is 29.4 Å². The number of aliphatic hydroxyl groups is 2. The Bertz CT molecular complexity index is 1200. The molecule has 11 heteroatoms. The molecule has 2 fully saturated rings. The highest BCUT2D eigenvalue weighted by Gasteiger charge is 2.51. The minimum absolute atomic E-state index is 0.0201. The van der Waals surface area contributed by atoms with Gasteiger partial charge in [-0.25, -0.2) is 13.8 Å². The highest BCUT2D eigenvalue weighted by atomic mass is 19.1. The van der Waals surface area contributed by atoms with Crippen molar-refractivity contribution in [2.45, 2.75) is 58.5 Å². The second-order valence-corrected chi connectivity index (χ2v) is 10.9. The monoisotopic (exact) mass is 546 g/mol. The molecule has 0 unspecified atom stereocenters. The average Bonchev–Trinajstić information content (AvgIpc) is 3.31. The summed E-state index contributed by atoms with van der Waals surface area (Å²) in [7, 11) is 0. The Labute approximate surface area is 227 Å². The molecule has 0 radical (unpaired) electrons. The number of rotatable bonds is 8. The van der Waals surface area contributed by atoms with Gasteiger partial charge in [-0.15, -0.1) is 0 Å². The van der Waals surface area contributed by atoms with Crippen molar-refractivity contribution in [3.8, 4) is 22.8 Å². The zero-order valence-corrected chi connectivity index (χ0v) is 22.6. The number of pyridine rings is 1. The summed E-state index contributed by atoms with van der Waals surface area (Å²) in [5.74, 6) is 0.243. The molecule has 2 aromatic rings. The van der Waals surface area contributed by atoms with Crippen LogP contribution in [0.3, 0.4) is 0 Å². The van der Waals surface area contributed by atoms with Crippen LogP contribution in [0.5, 0.6) is 11.5 Å². The van der Waals surface area contributed by atoms with Crippen LogP contribution in [0.4, 0.5) is 8.78 Å². The van der Waals surface area contributed by atoms with E-state index in [0.29, 0.717) is 82.3 Å². The highest BCUT2D eigenvalue weighted by Crippen LogP contribution is 2.42. The van der Waals surface area contributed by atoms with Gasteiger partial charge in [0.2, 0.25) is 0 Å². The first kappa shape index (κ1) is 27.5. The van der Waals surface area contributed by atoms with Crippen LogP contribution >= 0.6 is 0 Å². The second-order valence-electron chi connectivity index (χ2n) is 10.9. The molecule has 0 bridgehead atoms. The molecule has 212 valence electrons. The SMILES string of the molecule is CCOc1cc(CN2CC3(CC(N4CCC(C)(C(O)O)CC4)=NO3)C2)cc(OCC)c1-c1ncc(F)cc1F. The van der Waals surface area contributed by atoms with E-state index in [1.807, 2.05) is 32.9 Å². The van der Waals surface area contributed by atoms with Gasteiger partial charge in [0, 0.05) is 44.2 Å². The molecule has 0 aliphatic carbocycles. The van der Waals surface area contributed by atoms with Crippen molar-refractivity contribution in [2.24, 2.45) is 10.6 Å². The van der Waals surface area contributed by atoms with Crippen molar-refractivity contribution in [3.05, 3.63) is 41.6 Å². The van der Waals surface area contributed by atoms with Gasteiger partial charge in [0.1, 0.15) is 28.8 Å². The van der Waals surface area contributed by atoms with Gasteiger partial charge in [-0.2, -0.15) is 0 Å². The number of oxime groups is 1. The summed E-state index contributed by atoms with van der Waals surface area (Å²) in [6, 6.07) is 4.51. The number of nitrogens with zero attached hydrogens (tertiary/aromatic N) is 4. The number of halogens is 2. The Morgan fingerprint density at radius 3 is 2.26 bits per heavy atom. The van der Waals surface area contributed by atoms with Crippen molar-refractivity contribution in [1.29, 1.82) is 0 Å². The van der Waals surface area contributed by atoms with Gasteiger partial charge in [0.25, 0.3) is 0 Å². The number of likely N-dealkylation sites (tertiary alicyclic amines) is 2. The van der Waals surface area contributed by atoms with Gasteiger partial charge >= 0.3 is 0 Å². The fraction of sp³-hybridized carbons (Fsp3) is 0.571. The van der Waals surface area contributed by atoms with E-state index in [1.54, 1.807) is 0 Å². The molecule has 1 spiro atoms. The van der Waals surface area contributed by atoms with Crippen molar-refractivity contribution < 1.29 is 33.3 Å². The summed E-state index contributed by atoms with van der Waals surface area (Å²) in [6.45, 7) is 9.74. The van der Waals surface area contributed by atoms with Crippen LogP contribution in [-0.2, 0) is 11.4 Å². The number of aromatic nitrogens is 1. The molecule has 9 nitrogen and oxygen atoms in total. The van der Waals surface area contributed by atoms with Crippen molar-refractivity contribution in [2.75, 3.05) is 39.4 Å². The molecule has 0 atom stereocenters. The summed E-state index contributed by atoms with van der Waals surface area (Å²) < 4.78 is 39.9. The third-order valence-corrected chi connectivity index (χ3v) is 7.92. The van der Waals surface area contributed by atoms with Crippen LogP contribution in [0, 0.1) is 17.0 Å². The standard InChI is InChI=1S/C28H36F2N4O5/c1-4-37-21-10-18(11-22(38-5-2)24(21)25-20(30)12-19(29)14-31-25)15-33-16-28(17-33)13-23(32-39-28)34-8-6-27(3,7-9-34)26(35)36/h10-12,14,26,35-36H,4-9,13,15-17H2,1-3H3. The van der Waals surface area contributed by atoms with Crippen molar-refractivity contribution >= 4 is 5.84 Å². The van der Waals surface area contributed by atoms with E-state index in [1.165, 1.54) is 0 Å². The molecule has 3 aliphatic rings. The Morgan fingerprint density at radius 1 is 1.05 bits per heavy atom. The molecule has 2 saturated heterocycles. The number of benzene rings is 1. The number of hydrogen-bond acceptors (Lipinski definition) is 9. The number of ether oxygens (including phenoxy) is 2. The molecule has 1 aromatic carbocycles. The fourth-order valence-electron chi connectivity index (χ4n) is 5.62. The molecule has 4 heterocycles. The minimum Gasteiger partial charge on any atom is -0.493 e. The molecular weight excluding hydrogens is 510 g/mol. The average molecular weight is 547 g/mol. The lowest BCUT2D eigenvalue weighted by Crippen LogP contribution is -2.61. The highest BCUT2D eigenvalue weighted by molar-refractivity contribution is 5.84. The number of hydrogen-bond donors (Lipinski definition) is 2. The molecule has 0 amide bonds. The van der Waals surface area contributed by atoms with Crippen LogP contribution in [0.15, 0.2) is 29.6 Å². The summed E-state index contributed by atoms with van der Waals surface area (Å²) >= 11 is 0. The van der Waals surface area contributed by atoms with Gasteiger partial charge in [0.15, 0.2) is 17.7 Å². The van der Waals surface area contributed by atoms with Gasteiger partial charge in [-0.05, 0) is 44.4 Å². The van der Waals surface area contributed by atoms with Crippen LogP contribution < -0.4 is 9.47 Å². The first-order valence-electron chi connectivity index (χ1n) is 13.5. The number of aliphatic hydroxyl groups excluding tert-OH is 1. The lowest BCUT2D eigenvalue weighted by atomic mass is 9.79. The molecule has 1 aromatic heterocycles. The van der Waals surface area contributed by atoms with Crippen molar-refractivity contribution in [1.82, 2.24) is 14.8 Å². The summed E-state index contributed by atoms with van der Waals surface area (Å²) in [5.41, 5.74) is 0.423. The van der Waals surface area contributed by atoms with Crippen molar-refractivity contribution in [3.63, 3.8) is 0 Å². The first-order valence-corrected chi connectivity index (χ1v) is 13.5. The van der Waals surface area contributed by atoms with E-state index in [-0.39, 0.29) is 11.3 Å². The molecular formula is C28H36F2N4O5.